The molecule has 0 aromatic carbocycles. The van der Waals surface area contributed by atoms with Gasteiger partial charge in [0.15, 0.2) is 0 Å². The SMILES string of the molecule is CC1(C)CC[C@]2(C)CC[C@]3(C)C(=CC[C@@H]4[C@@]5(C)CCC(=O)C(C)(C)C5CC[C@]43C)[C@@H]2C1. The molecular weight excluding hydrogens is 376 g/mol. The van der Waals surface area contributed by atoms with Crippen molar-refractivity contribution >= 4 is 5.78 Å². The smallest absolute Gasteiger partial charge is 0.138 e. The Hall–Kier alpha value is -0.590. The molecule has 0 N–H and O–H groups in total. The first kappa shape index (κ1) is 22.2. The molecule has 31 heavy (non-hydrogen) atoms. The number of carbonyl (C=O) groups excluding carboxylic acids is 1. The Balaban J connectivity index is 1.58. The van der Waals surface area contributed by atoms with Gasteiger partial charge < -0.3 is 0 Å². The summed E-state index contributed by atoms with van der Waals surface area (Å²) in [5.74, 6) is 2.58. The second-order valence-corrected chi connectivity index (χ2v) is 15.0. The molecule has 0 aromatic rings. The molecule has 1 unspecified atom stereocenters. The lowest BCUT2D eigenvalue weighted by Gasteiger charge is -2.70. The van der Waals surface area contributed by atoms with Crippen LogP contribution < -0.4 is 0 Å². The van der Waals surface area contributed by atoms with E-state index < -0.39 is 0 Å². The van der Waals surface area contributed by atoms with Crippen LogP contribution in [0.3, 0.4) is 0 Å². The fourth-order valence-electron chi connectivity index (χ4n) is 10.3. The maximum atomic E-state index is 12.9. The van der Waals surface area contributed by atoms with Crippen molar-refractivity contribution in [1.29, 1.82) is 0 Å². The zero-order chi connectivity index (χ0) is 22.7. The van der Waals surface area contributed by atoms with Gasteiger partial charge in [-0.25, -0.2) is 0 Å². The molecule has 174 valence electrons. The standard InChI is InChI=1S/C30H48O/c1-25(2)15-16-27(5)17-18-29(7)20(21(27)19-25)9-10-23-28(6)13-12-24(31)26(3,4)22(28)11-14-30(23,29)8/h9,21-23H,10-19H2,1-8H3/t21-,22?,23+,27+,28-,29+,30+/m0/s1. The monoisotopic (exact) mass is 424 g/mol. The van der Waals surface area contributed by atoms with Crippen molar-refractivity contribution in [1.82, 2.24) is 0 Å². The van der Waals surface area contributed by atoms with Gasteiger partial charge in [-0.2, -0.15) is 0 Å². The van der Waals surface area contributed by atoms with Crippen molar-refractivity contribution in [3.05, 3.63) is 11.6 Å². The molecule has 5 rings (SSSR count). The summed E-state index contributed by atoms with van der Waals surface area (Å²) >= 11 is 0. The summed E-state index contributed by atoms with van der Waals surface area (Å²) in [6.07, 6.45) is 15.5. The van der Waals surface area contributed by atoms with Gasteiger partial charge in [-0.05, 0) is 103 Å². The molecule has 4 saturated carbocycles. The maximum Gasteiger partial charge on any atom is 0.138 e. The number of hydrogen-bond acceptors (Lipinski definition) is 1. The third-order valence-electron chi connectivity index (χ3n) is 12.8. The van der Waals surface area contributed by atoms with Crippen LogP contribution in [0.1, 0.15) is 120 Å². The first-order valence-electron chi connectivity index (χ1n) is 13.4. The summed E-state index contributed by atoms with van der Waals surface area (Å²) < 4.78 is 0. The quantitative estimate of drug-likeness (QED) is 0.357. The summed E-state index contributed by atoms with van der Waals surface area (Å²) in [6, 6.07) is 0. The highest BCUT2D eigenvalue weighted by Gasteiger charge is 2.67. The predicted molar refractivity (Wildman–Crippen MR) is 130 cm³/mol. The maximum absolute atomic E-state index is 12.9. The van der Waals surface area contributed by atoms with E-state index in [9.17, 15) is 4.79 Å². The van der Waals surface area contributed by atoms with Gasteiger partial charge in [0.05, 0.1) is 0 Å². The lowest BCUT2D eigenvalue weighted by molar-refractivity contribution is -0.184. The molecule has 4 fully saturated rings. The average molecular weight is 425 g/mol. The molecule has 0 aromatic heterocycles. The summed E-state index contributed by atoms with van der Waals surface area (Å²) in [4.78, 5) is 12.9. The van der Waals surface area contributed by atoms with Crippen LogP contribution in [0.15, 0.2) is 11.6 Å². The molecule has 0 spiro atoms. The van der Waals surface area contributed by atoms with E-state index in [0.717, 1.165) is 24.7 Å². The van der Waals surface area contributed by atoms with E-state index in [0.29, 0.717) is 38.8 Å². The highest BCUT2D eigenvalue weighted by molar-refractivity contribution is 5.85. The van der Waals surface area contributed by atoms with Gasteiger partial charge in [-0.15, -0.1) is 0 Å². The number of allylic oxidation sites excluding steroid dienone is 2. The second kappa shape index (κ2) is 6.29. The highest BCUT2D eigenvalue weighted by atomic mass is 16.1. The van der Waals surface area contributed by atoms with Gasteiger partial charge >= 0.3 is 0 Å². The van der Waals surface area contributed by atoms with Crippen LogP contribution in [0.25, 0.3) is 0 Å². The first-order valence-corrected chi connectivity index (χ1v) is 13.4. The van der Waals surface area contributed by atoms with E-state index in [4.69, 9.17) is 0 Å². The largest absolute Gasteiger partial charge is 0.299 e. The molecule has 0 bridgehead atoms. The third kappa shape index (κ3) is 2.70. The molecule has 1 nitrogen and oxygen atoms in total. The van der Waals surface area contributed by atoms with E-state index in [-0.39, 0.29) is 5.41 Å². The van der Waals surface area contributed by atoms with E-state index in [1.165, 1.54) is 51.4 Å². The fourth-order valence-corrected chi connectivity index (χ4v) is 10.3. The molecule has 7 atom stereocenters. The summed E-state index contributed by atoms with van der Waals surface area (Å²) in [5.41, 5.74) is 3.75. The Bertz CT molecular complexity index is 831. The van der Waals surface area contributed by atoms with Crippen molar-refractivity contribution in [2.24, 2.45) is 50.2 Å². The molecular formula is C30H48O. The number of carbonyl (C=O) groups is 1. The number of fused-ring (bicyclic) bond motifs is 7. The minimum atomic E-state index is -0.141. The molecule has 0 amide bonds. The van der Waals surface area contributed by atoms with E-state index in [2.05, 4.69) is 61.5 Å². The van der Waals surface area contributed by atoms with Gasteiger partial charge in [-0.1, -0.05) is 67.0 Å². The van der Waals surface area contributed by atoms with Crippen molar-refractivity contribution in [2.75, 3.05) is 0 Å². The number of rotatable bonds is 0. The number of hydrogen-bond donors (Lipinski definition) is 0. The Kier molecular flexibility index (Phi) is 4.51. The van der Waals surface area contributed by atoms with E-state index in [1.54, 1.807) is 0 Å². The Morgan fingerprint density at radius 1 is 0.806 bits per heavy atom. The van der Waals surface area contributed by atoms with Crippen molar-refractivity contribution < 1.29 is 4.79 Å². The second-order valence-electron chi connectivity index (χ2n) is 15.0. The predicted octanol–water partition coefficient (Wildman–Crippen LogP) is 8.38. The van der Waals surface area contributed by atoms with Crippen molar-refractivity contribution in [3.8, 4) is 0 Å². The fraction of sp³-hybridized carbons (Fsp3) is 0.900. The molecule has 0 heterocycles. The van der Waals surface area contributed by atoms with Gasteiger partial charge in [0.25, 0.3) is 0 Å². The van der Waals surface area contributed by atoms with Gasteiger partial charge in [0.2, 0.25) is 0 Å². The zero-order valence-electron chi connectivity index (χ0n) is 21.8. The molecule has 5 aliphatic rings. The van der Waals surface area contributed by atoms with Crippen LogP contribution in [0.5, 0.6) is 0 Å². The van der Waals surface area contributed by atoms with Crippen LogP contribution in [0, 0.1) is 50.2 Å². The summed E-state index contributed by atoms with van der Waals surface area (Å²) in [7, 11) is 0. The zero-order valence-corrected chi connectivity index (χ0v) is 21.8. The summed E-state index contributed by atoms with van der Waals surface area (Å²) in [5, 5.41) is 0. The Labute approximate surface area is 192 Å². The molecule has 0 saturated heterocycles. The lowest BCUT2D eigenvalue weighted by atomic mass is 9.34. The lowest BCUT2D eigenvalue weighted by Crippen LogP contribution is -2.64. The minimum absolute atomic E-state index is 0.141. The Morgan fingerprint density at radius 3 is 2.19 bits per heavy atom. The van der Waals surface area contributed by atoms with Gasteiger partial charge in [-0.3, -0.25) is 4.79 Å². The van der Waals surface area contributed by atoms with Crippen molar-refractivity contribution in [2.45, 2.75) is 120 Å². The normalized spacial score (nSPS) is 52.8. The molecule has 0 radical (unpaired) electrons. The van der Waals surface area contributed by atoms with Crippen LogP contribution in [-0.2, 0) is 4.79 Å². The average Bonchev–Trinajstić information content (AvgIpc) is 2.67. The molecule has 1 heteroatoms. The van der Waals surface area contributed by atoms with Crippen LogP contribution >= 0.6 is 0 Å². The Morgan fingerprint density at radius 2 is 1.48 bits per heavy atom. The third-order valence-corrected chi connectivity index (χ3v) is 12.8. The highest BCUT2D eigenvalue weighted by Crippen LogP contribution is 2.75. The number of Topliss-reactive ketones (excluding diaryl/α,β-unsaturated/α-hetero) is 1. The first-order chi connectivity index (χ1) is 14.2. The topological polar surface area (TPSA) is 17.1 Å². The van der Waals surface area contributed by atoms with Crippen LogP contribution in [0.2, 0.25) is 0 Å². The van der Waals surface area contributed by atoms with Crippen LogP contribution in [0.4, 0.5) is 0 Å². The van der Waals surface area contributed by atoms with Gasteiger partial charge in [0, 0.05) is 11.8 Å². The summed E-state index contributed by atoms with van der Waals surface area (Å²) in [6.45, 7) is 20.1. The van der Waals surface area contributed by atoms with Crippen molar-refractivity contribution in [3.63, 3.8) is 0 Å². The molecule has 0 aliphatic heterocycles. The molecule has 5 aliphatic carbocycles. The van der Waals surface area contributed by atoms with E-state index >= 15 is 0 Å². The van der Waals surface area contributed by atoms with Crippen LogP contribution in [-0.4, -0.2) is 5.78 Å². The van der Waals surface area contributed by atoms with Gasteiger partial charge in [0.1, 0.15) is 5.78 Å². The minimum Gasteiger partial charge on any atom is -0.299 e. The van der Waals surface area contributed by atoms with E-state index in [1.807, 2.05) is 5.57 Å². The number of ketones is 1.